The Kier molecular flexibility index (Phi) is 3.30. The number of halogens is 1. The Balaban J connectivity index is 0.000000853. The summed E-state index contributed by atoms with van der Waals surface area (Å²) >= 11 is 0. The van der Waals surface area contributed by atoms with Crippen LogP contribution in [0, 0.1) is 5.41 Å². The highest BCUT2D eigenvalue weighted by Crippen LogP contribution is 2.45. The van der Waals surface area contributed by atoms with Crippen molar-refractivity contribution in [2.45, 2.75) is 51.1 Å². The van der Waals surface area contributed by atoms with E-state index >= 15 is 0 Å². The average Bonchev–Trinajstić information content (AvgIpc) is 2.82. The van der Waals surface area contributed by atoms with Gasteiger partial charge in [-0.3, -0.25) is 4.90 Å². The number of hydrogen-bond acceptors (Lipinski definition) is 2. The Labute approximate surface area is 99.2 Å². The largest absolute Gasteiger partial charge is 0.309 e. The Bertz CT molecular complexity index is 216. The van der Waals surface area contributed by atoms with E-state index in [-0.39, 0.29) is 12.4 Å². The SMILES string of the molecule is CC1(CN2CC3CCCC(C2)N3)CC1.Cl. The average molecular weight is 231 g/mol. The van der Waals surface area contributed by atoms with Crippen LogP contribution in [0.5, 0.6) is 0 Å². The summed E-state index contributed by atoms with van der Waals surface area (Å²) in [5.41, 5.74) is 0.700. The summed E-state index contributed by atoms with van der Waals surface area (Å²) in [6.45, 7) is 6.44. The minimum atomic E-state index is 0. The minimum absolute atomic E-state index is 0. The Morgan fingerprint density at radius 1 is 1.20 bits per heavy atom. The summed E-state index contributed by atoms with van der Waals surface area (Å²) in [5, 5.41) is 3.75. The van der Waals surface area contributed by atoms with Crippen LogP contribution in [-0.4, -0.2) is 36.6 Å². The normalized spacial score (nSPS) is 38.2. The van der Waals surface area contributed by atoms with Crippen molar-refractivity contribution in [2.75, 3.05) is 19.6 Å². The maximum Gasteiger partial charge on any atom is 0.0198 e. The Morgan fingerprint density at radius 2 is 1.80 bits per heavy atom. The van der Waals surface area contributed by atoms with Crippen molar-refractivity contribution in [2.24, 2.45) is 5.41 Å². The van der Waals surface area contributed by atoms with Crippen LogP contribution in [0.15, 0.2) is 0 Å². The van der Waals surface area contributed by atoms with Crippen LogP contribution in [0.25, 0.3) is 0 Å². The Hall–Kier alpha value is 0.210. The third-order valence-corrected chi connectivity index (χ3v) is 4.24. The number of nitrogens with zero attached hydrogens (tertiary/aromatic N) is 1. The lowest BCUT2D eigenvalue weighted by molar-refractivity contribution is 0.108. The van der Waals surface area contributed by atoms with Gasteiger partial charge in [0.15, 0.2) is 0 Å². The molecule has 0 radical (unpaired) electrons. The summed E-state index contributed by atoms with van der Waals surface area (Å²) in [5.74, 6) is 0. The highest BCUT2D eigenvalue weighted by Gasteiger charge is 2.40. The fourth-order valence-corrected chi connectivity index (χ4v) is 3.14. The zero-order valence-electron chi connectivity index (χ0n) is 9.67. The summed E-state index contributed by atoms with van der Waals surface area (Å²) in [6.07, 6.45) is 7.19. The van der Waals surface area contributed by atoms with Gasteiger partial charge in [0.2, 0.25) is 0 Å². The van der Waals surface area contributed by atoms with Crippen LogP contribution in [0.2, 0.25) is 0 Å². The van der Waals surface area contributed by atoms with E-state index in [9.17, 15) is 0 Å². The van der Waals surface area contributed by atoms with E-state index in [1.807, 2.05) is 0 Å². The topological polar surface area (TPSA) is 15.3 Å². The van der Waals surface area contributed by atoms with Crippen LogP contribution < -0.4 is 5.32 Å². The molecule has 3 fully saturated rings. The number of rotatable bonds is 2. The molecule has 0 spiro atoms. The molecule has 2 aliphatic heterocycles. The van der Waals surface area contributed by atoms with Gasteiger partial charge in [0, 0.05) is 31.7 Å². The molecule has 0 aromatic rings. The molecule has 2 saturated heterocycles. The van der Waals surface area contributed by atoms with Crippen LogP contribution in [0.3, 0.4) is 0 Å². The van der Waals surface area contributed by atoms with Crippen LogP contribution in [0.4, 0.5) is 0 Å². The monoisotopic (exact) mass is 230 g/mol. The minimum Gasteiger partial charge on any atom is -0.309 e. The summed E-state index contributed by atoms with van der Waals surface area (Å²) in [6, 6.07) is 1.62. The van der Waals surface area contributed by atoms with Crippen molar-refractivity contribution in [1.29, 1.82) is 0 Å². The second-order valence-corrected chi connectivity index (χ2v) is 6.00. The molecule has 3 heteroatoms. The Morgan fingerprint density at radius 3 is 2.33 bits per heavy atom. The van der Waals surface area contributed by atoms with Gasteiger partial charge in [0.1, 0.15) is 0 Å². The fourth-order valence-electron chi connectivity index (χ4n) is 3.14. The standard InChI is InChI=1S/C12H22N2.ClH/c1-12(5-6-12)9-14-7-10-3-2-4-11(8-14)13-10;/h10-11,13H,2-9H2,1H3;1H. The number of fused-ring (bicyclic) bond motifs is 2. The van der Waals surface area contributed by atoms with Gasteiger partial charge in [-0.2, -0.15) is 0 Å². The number of piperidine rings is 1. The molecule has 2 bridgehead atoms. The van der Waals surface area contributed by atoms with Gasteiger partial charge in [-0.1, -0.05) is 13.3 Å². The van der Waals surface area contributed by atoms with Gasteiger partial charge in [-0.05, 0) is 31.1 Å². The molecule has 1 aliphatic carbocycles. The molecule has 2 nitrogen and oxygen atoms in total. The molecule has 0 amide bonds. The third kappa shape index (κ3) is 2.66. The van der Waals surface area contributed by atoms with Crippen molar-refractivity contribution in [3.8, 4) is 0 Å². The van der Waals surface area contributed by atoms with Crippen molar-refractivity contribution >= 4 is 12.4 Å². The lowest BCUT2D eigenvalue weighted by Crippen LogP contribution is -2.59. The van der Waals surface area contributed by atoms with E-state index in [1.54, 1.807) is 0 Å². The smallest absolute Gasteiger partial charge is 0.0198 e. The molecule has 3 aliphatic rings. The zero-order chi connectivity index (χ0) is 9.60. The maximum absolute atomic E-state index is 3.75. The predicted octanol–water partition coefficient (Wildman–Crippen LogP) is 2.03. The number of likely N-dealkylation sites (tertiary alicyclic amines) is 1. The fraction of sp³-hybridized carbons (Fsp3) is 1.00. The molecule has 1 saturated carbocycles. The van der Waals surface area contributed by atoms with Gasteiger partial charge in [-0.15, -0.1) is 12.4 Å². The first-order valence-electron chi connectivity index (χ1n) is 6.22. The van der Waals surface area contributed by atoms with Gasteiger partial charge >= 0.3 is 0 Å². The molecule has 0 aromatic heterocycles. The molecule has 88 valence electrons. The molecular weight excluding hydrogens is 208 g/mol. The number of piperazine rings is 1. The molecule has 0 aromatic carbocycles. The second kappa shape index (κ2) is 4.23. The highest BCUT2D eigenvalue weighted by molar-refractivity contribution is 5.85. The van der Waals surface area contributed by atoms with E-state index in [0.717, 1.165) is 12.1 Å². The quantitative estimate of drug-likeness (QED) is 0.781. The predicted molar refractivity (Wildman–Crippen MR) is 65.6 cm³/mol. The maximum atomic E-state index is 3.75. The van der Waals surface area contributed by atoms with E-state index in [4.69, 9.17) is 0 Å². The van der Waals surface area contributed by atoms with Gasteiger partial charge in [0.25, 0.3) is 0 Å². The molecule has 2 unspecified atom stereocenters. The van der Waals surface area contributed by atoms with Gasteiger partial charge in [0.05, 0.1) is 0 Å². The van der Waals surface area contributed by atoms with Crippen molar-refractivity contribution in [3.63, 3.8) is 0 Å². The van der Waals surface area contributed by atoms with Crippen LogP contribution in [-0.2, 0) is 0 Å². The molecule has 3 rings (SSSR count). The first-order valence-corrected chi connectivity index (χ1v) is 6.22. The first kappa shape index (κ1) is 11.7. The van der Waals surface area contributed by atoms with E-state index < -0.39 is 0 Å². The van der Waals surface area contributed by atoms with Crippen LogP contribution >= 0.6 is 12.4 Å². The number of nitrogens with one attached hydrogen (secondary N) is 1. The molecule has 1 N–H and O–H groups in total. The summed E-state index contributed by atoms with van der Waals surface area (Å²) in [7, 11) is 0. The van der Waals surface area contributed by atoms with E-state index in [2.05, 4.69) is 17.1 Å². The lowest BCUT2D eigenvalue weighted by Gasteiger charge is -2.43. The number of hydrogen-bond donors (Lipinski definition) is 1. The van der Waals surface area contributed by atoms with E-state index in [0.29, 0.717) is 5.41 Å². The van der Waals surface area contributed by atoms with Gasteiger partial charge < -0.3 is 5.32 Å². The van der Waals surface area contributed by atoms with E-state index in [1.165, 1.54) is 51.7 Å². The highest BCUT2D eigenvalue weighted by atomic mass is 35.5. The van der Waals surface area contributed by atoms with Crippen molar-refractivity contribution in [1.82, 2.24) is 10.2 Å². The molecular formula is C12H23ClN2. The first-order chi connectivity index (χ1) is 6.73. The van der Waals surface area contributed by atoms with Crippen molar-refractivity contribution in [3.05, 3.63) is 0 Å². The van der Waals surface area contributed by atoms with Gasteiger partial charge in [-0.25, -0.2) is 0 Å². The third-order valence-electron chi connectivity index (χ3n) is 4.24. The van der Waals surface area contributed by atoms with Crippen LogP contribution in [0.1, 0.15) is 39.0 Å². The molecule has 2 heterocycles. The molecule has 2 atom stereocenters. The molecule has 15 heavy (non-hydrogen) atoms. The summed E-state index contributed by atoms with van der Waals surface area (Å²) < 4.78 is 0. The summed E-state index contributed by atoms with van der Waals surface area (Å²) in [4.78, 5) is 2.72. The zero-order valence-corrected chi connectivity index (χ0v) is 10.5. The van der Waals surface area contributed by atoms with Crippen molar-refractivity contribution < 1.29 is 0 Å². The lowest BCUT2D eigenvalue weighted by atomic mass is 9.93. The second-order valence-electron chi connectivity index (χ2n) is 6.00.